The van der Waals surface area contributed by atoms with Gasteiger partial charge in [0, 0.05) is 6.42 Å². The molecule has 3 nitrogen and oxygen atoms in total. The Balaban J connectivity index is 3.83. The van der Waals surface area contributed by atoms with Gasteiger partial charge in [-0.05, 0) is 0 Å². The number of Topliss-reactive ketones (excluding diaryl/α,β-unsaturated/α-hetero) is 1. The Hall–Kier alpha value is -0.990. The van der Waals surface area contributed by atoms with Crippen LogP contribution in [-0.4, -0.2) is 16.0 Å². The number of allylic oxidation sites excluding steroid dienone is 1. The van der Waals surface area contributed by atoms with Crippen molar-refractivity contribution in [2.75, 3.05) is 0 Å². The lowest BCUT2D eigenvalue weighted by atomic mass is 10.3. The van der Waals surface area contributed by atoms with Crippen LogP contribution in [0.5, 0.6) is 0 Å². The van der Waals surface area contributed by atoms with E-state index >= 15 is 0 Å². The topological polar surface area (TPSA) is 57.5 Å². The van der Waals surface area contributed by atoms with Crippen molar-refractivity contribution < 1.29 is 15.0 Å². The zero-order valence-electron chi connectivity index (χ0n) is 4.59. The van der Waals surface area contributed by atoms with Gasteiger partial charge in [0.25, 0.3) is 0 Å². The van der Waals surface area contributed by atoms with Crippen molar-refractivity contribution in [2.24, 2.45) is 0 Å². The summed E-state index contributed by atoms with van der Waals surface area (Å²) in [5, 5.41) is 16.4. The third-order valence-electron chi connectivity index (χ3n) is 0.729. The SMILES string of the molecule is CCC(=O)C(O)=CO. The molecule has 0 aromatic heterocycles. The van der Waals surface area contributed by atoms with E-state index in [2.05, 4.69) is 0 Å². The molecule has 0 aliphatic heterocycles. The van der Waals surface area contributed by atoms with Gasteiger partial charge in [0.05, 0.1) is 0 Å². The highest BCUT2D eigenvalue weighted by molar-refractivity contribution is 5.92. The van der Waals surface area contributed by atoms with Crippen molar-refractivity contribution in [3.8, 4) is 0 Å². The van der Waals surface area contributed by atoms with Crippen LogP contribution in [0.2, 0.25) is 0 Å². The Labute approximate surface area is 47.3 Å². The van der Waals surface area contributed by atoms with Crippen LogP contribution in [0.3, 0.4) is 0 Å². The highest BCUT2D eigenvalue weighted by atomic mass is 16.3. The van der Waals surface area contributed by atoms with Crippen molar-refractivity contribution in [2.45, 2.75) is 13.3 Å². The maximum absolute atomic E-state index is 10.3. The van der Waals surface area contributed by atoms with Crippen molar-refractivity contribution >= 4 is 5.78 Å². The van der Waals surface area contributed by atoms with Gasteiger partial charge in [-0.1, -0.05) is 6.92 Å². The molecule has 0 saturated carbocycles. The fourth-order valence-corrected chi connectivity index (χ4v) is 0.253. The highest BCUT2D eigenvalue weighted by Crippen LogP contribution is 1.91. The molecule has 46 valence electrons. The minimum atomic E-state index is -0.576. The molecule has 0 spiro atoms. The third kappa shape index (κ3) is 1.64. The molecular formula is C5H8O3. The van der Waals surface area contributed by atoms with Crippen molar-refractivity contribution in [1.29, 1.82) is 0 Å². The second-order valence-electron chi connectivity index (χ2n) is 1.29. The summed E-state index contributed by atoms with van der Waals surface area (Å²) in [6.45, 7) is 1.60. The maximum Gasteiger partial charge on any atom is 0.200 e. The average molecular weight is 116 g/mol. The first kappa shape index (κ1) is 7.01. The Morgan fingerprint density at radius 1 is 1.75 bits per heavy atom. The minimum Gasteiger partial charge on any atom is -0.512 e. The van der Waals surface area contributed by atoms with Crippen LogP contribution in [0.1, 0.15) is 13.3 Å². The van der Waals surface area contributed by atoms with E-state index in [0.29, 0.717) is 6.26 Å². The van der Waals surface area contributed by atoms with Gasteiger partial charge in [-0.15, -0.1) is 0 Å². The van der Waals surface area contributed by atoms with Gasteiger partial charge < -0.3 is 10.2 Å². The van der Waals surface area contributed by atoms with E-state index in [1.54, 1.807) is 6.92 Å². The summed E-state index contributed by atoms with van der Waals surface area (Å²) < 4.78 is 0. The van der Waals surface area contributed by atoms with Gasteiger partial charge in [0.2, 0.25) is 0 Å². The van der Waals surface area contributed by atoms with Gasteiger partial charge >= 0.3 is 0 Å². The van der Waals surface area contributed by atoms with Crippen LogP contribution < -0.4 is 0 Å². The highest BCUT2D eigenvalue weighted by Gasteiger charge is 2.01. The van der Waals surface area contributed by atoms with Crippen molar-refractivity contribution in [3.05, 3.63) is 12.0 Å². The van der Waals surface area contributed by atoms with E-state index in [1.807, 2.05) is 0 Å². The third-order valence-corrected chi connectivity index (χ3v) is 0.729. The van der Waals surface area contributed by atoms with Crippen LogP contribution in [0.4, 0.5) is 0 Å². The molecule has 0 rings (SSSR count). The lowest BCUT2D eigenvalue weighted by Gasteiger charge is -1.89. The molecule has 0 radical (unpaired) electrons. The molecule has 0 aromatic rings. The number of aliphatic hydroxyl groups excluding tert-OH is 2. The van der Waals surface area contributed by atoms with Crippen LogP contribution in [0, 0.1) is 0 Å². The average Bonchev–Trinajstić information content (AvgIpc) is 1.84. The quantitative estimate of drug-likeness (QED) is 0.416. The smallest absolute Gasteiger partial charge is 0.200 e. The standard InChI is InChI=1S/C5H8O3/c1-2-4(7)5(8)3-6/h3,6,8H,2H2,1H3. The first-order valence-electron chi connectivity index (χ1n) is 2.29. The lowest BCUT2D eigenvalue weighted by molar-refractivity contribution is -0.117. The molecule has 0 aromatic carbocycles. The molecule has 0 fully saturated rings. The Bertz CT molecular complexity index is 115. The number of ketones is 1. The zero-order valence-corrected chi connectivity index (χ0v) is 4.59. The number of carbonyl (C=O) groups is 1. The second-order valence-corrected chi connectivity index (χ2v) is 1.29. The first-order valence-corrected chi connectivity index (χ1v) is 2.29. The summed E-state index contributed by atoms with van der Waals surface area (Å²) in [5.74, 6) is -1.03. The van der Waals surface area contributed by atoms with Gasteiger partial charge in [-0.3, -0.25) is 4.79 Å². The van der Waals surface area contributed by atoms with Gasteiger partial charge in [0.15, 0.2) is 11.5 Å². The summed E-state index contributed by atoms with van der Waals surface area (Å²) in [7, 11) is 0. The molecule has 0 aliphatic carbocycles. The molecule has 0 saturated heterocycles. The summed E-state index contributed by atoms with van der Waals surface area (Å²) in [6.07, 6.45) is 0.606. The molecular weight excluding hydrogens is 108 g/mol. The van der Waals surface area contributed by atoms with E-state index in [0.717, 1.165) is 0 Å². The molecule has 0 heterocycles. The monoisotopic (exact) mass is 116 g/mol. The van der Waals surface area contributed by atoms with E-state index < -0.39 is 11.5 Å². The first-order chi connectivity index (χ1) is 3.72. The van der Waals surface area contributed by atoms with E-state index in [1.165, 1.54) is 0 Å². The summed E-state index contributed by atoms with van der Waals surface area (Å²) in [5.41, 5.74) is 0. The summed E-state index contributed by atoms with van der Waals surface area (Å²) in [4.78, 5) is 10.3. The number of hydrogen-bond acceptors (Lipinski definition) is 3. The lowest BCUT2D eigenvalue weighted by Crippen LogP contribution is -1.98. The summed E-state index contributed by atoms with van der Waals surface area (Å²) in [6, 6.07) is 0. The fourth-order valence-electron chi connectivity index (χ4n) is 0.253. The van der Waals surface area contributed by atoms with Crippen LogP contribution in [-0.2, 0) is 4.79 Å². The molecule has 0 aliphatic rings. The molecule has 0 bridgehead atoms. The minimum absolute atomic E-state index is 0.211. The number of aliphatic hydroxyl groups is 2. The van der Waals surface area contributed by atoms with Crippen molar-refractivity contribution in [3.63, 3.8) is 0 Å². The Morgan fingerprint density at radius 2 is 2.25 bits per heavy atom. The maximum atomic E-state index is 10.3. The fraction of sp³-hybridized carbons (Fsp3) is 0.400. The zero-order chi connectivity index (χ0) is 6.57. The van der Waals surface area contributed by atoms with E-state index in [9.17, 15) is 4.79 Å². The van der Waals surface area contributed by atoms with E-state index in [-0.39, 0.29) is 6.42 Å². The number of hydrogen-bond donors (Lipinski definition) is 2. The van der Waals surface area contributed by atoms with Gasteiger partial charge in [-0.2, -0.15) is 0 Å². The predicted octanol–water partition coefficient (Wildman–Crippen LogP) is 0.923. The molecule has 0 atom stereocenters. The second kappa shape index (κ2) is 3.07. The normalized spacial score (nSPS) is 11.4. The predicted molar refractivity (Wildman–Crippen MR) is 28.6 cm³/mol. The largest absolute Gasteiger partial charge is 0.512 e. The number of rotatable bonds is 2. The molecule has 0 amide bonds. The van der Waals surface area contributed by atoms with Crippen LogP contribution in [0.25, 0.3) is 0 Å². The van der Waals surface area contributed by atoms with Crippen LogP contribution in [0.15, 0.2) is 12.0 Å². The molecule has 2 N–H and O–H groups in total. The van der Waals surface area contributed by atoms with E-state index in [4.69, 9.17) is 10.2 Å². The Morgan fingerprint density at radius 3 is 2.38 bits per heavy atom. The molecule has 3 heteroatoms. The van der Waals surface area contributed by atoms with Crippen molar-refractivity contribution in [1.82, 2.24) is 0 Å². The van der Waals surface area contributed by atoms with Crippen LogP contribution >= 0.6 is 0 Å². The summed E-state index contributed by atoms with van der Waals surface area (Å²) >= 11 is 0. The van der Waals surface area contributed by atoms with Gasteiger partial charge in [0.1, 0.15) is 6.26 Å². The van der Waals surface area contributed by atoms with Gasteiger partial charge in [-0.25, -0.2) is 0 Å². The molecule has 8 heavy (non-hydrogen) atoms. The number of carbonyl (C=O) groups excluding carboxylic acids is 1. The molecule has 0 unspecified atom stereocenters. The Kier molecular flexibility index (Phi) is 2.69.